The van der Waals surface area contributed by atoms with Crippen LogP contribution in [0.2, 0.25) is 0 Å². The number of halogens is 1. The number of fused-ring (bicyclic) bond motifs is 1. The summed E-state index contributed by atoms with van der Waals surface area (Å²) in [5, 5.41) is 12.7. The molecule has 2 saturated heterocycles. The molecule has 3 rings (SSSR count). The highest BCUT2D eigenvalue weighted by Gasteiger charge is 2.47. The highest BCUT2D eigenvalue weighted by atomic mass is 35.5. The van der Waals surface area contributed by atoms with E-state index in [-0.39, 0.29) is 30.0 Å². The van der Waals surface area contributed by atoms with Gasteiger partial charge in [0, 0.05) is 6.54 Å². The van der Waals surface area contributed by atoms with Crippen molar-refractivity contribution in [1.29, 1.82) is 0 Å². The zero-order valence-electron chi connectivity index (χ0n) is 11.4. The van der Waals surface area contributed by atoms with Crippen LogP contribution in [0.25, 0.3) is 0 Å². The predicted molar refractivity (Wildman–Crippen MR) is 78.0 cm³/mol. The topological polar surface area (TPSA) is 84.9 Å². The van der Waals surface area contributed by atoms with Crippen molar-refractivity contribution in [1.82, 2.24) is 5.32 Å². The van der Waals surface area contributed by atoms with Crippen LogP contribution in [0.5, 0.6) is 0 Å². The number of hydrogen-bond donors (Lipinski definition) is 2. The van der Waals surface area contributed by atoms with Gasteiger partial charge in [0.25, 0.3) is 10.1 Å². The summed E-state index contributed by atoms with van der Waals surface area (Å²) in [5.41, 5.74) is 0.980. The average Bonchev–Trinajstić information content (AvgIpc) is 2.95. The van der Waals surface area contributed by atoms with Crippen molar-refractivity contribution in [3.8, 4) is 0 Å². The third kappa shape index (κ3) is 3.23. The highest BCUT2D eigenvalue weighted by Crippen LogP contribution is 2.27. The molecule has 2 aliphatic heterocycles. The molecule has 2 heterocycles. The van der Waals surface area contributed by atoms with E-state index in [1.54, 1.807) is 12.1 Å². The van der Waals surface area contributed by atoms with Crippen LogP contribution in [-0.4, -0.2) is 51.0 Å². The van der Waals surface area contributed by atoms with E-state index >= 15 is 0 Å². The molecule has 0 saturated carbocycles. The van der Waals surface area contributed by atoms with E-state index in [4.69, 9.17) is 8.92 Å². The molecule has 0 amide bonds. The molecule has 2 aliphatic rings. The van der Waals surface area contributed by atoms with Crippen molar-refractivity contribution < 1.29 is 22.4 Å². The highest BCUT2D eigenvalue weighted by molar-refractivity contribution is 7.86. The minimum absolute atomic E-state index is 0. The smallest absolute Gasteiger partial charge is 0.297 e. The first-order chi connectivity index (χ1) is 9.47. The van der Waals surface area contributed by atoms with Crippen molar-refractivity contribution in [2.45, 2.75) is 36.2 Å². The van der Waals surface area contributed by atoms with E-state index in [0.29, 0.717) is 6.54 Å². The van der Waals surface area contributed by atoms with Gasteiger partial charge in [-0.2, -0.15) is 8.42 Å². The maximum atomic E-state index is 12.2. The van der Waals surface area contributed by atoms with Gasteiger partial charge in [0.05, 0.1) is 23.6 Å². The number of benzene rings is 1. The fourth-order valence-corrected chi connectivity index (χ4v) is 3.69. The van der Waals surface area contributed by atoms with Crippen molar-refractivity contribution >= 4 is 22.5 Å². The van der Waals surface area contributed by atoms with Crippen molar-refractivity contribution in [2.75, 3.05) is 13.2 Å². The minimum atomic E-state index is -3.82. The lowest BCUT2D eigenvalue weighted by Gasteiger charge is -2.17. The van der Waals surface area contributed by atoms with Gasteiger partial charge < -0.3 is 15.2 Å². The van der Waals surface area contributed by atoms with Gasteiger partial charge in [-0.25, -0.2) is 0 Å². The number of rotatable bonds is 3. The molecule has 0 spiro atoms. The quantitative estimate of drug-likeness (QED) is 0.769. The first-order valence-electron chi connectivity index (χ1n) is 6.50. The average molecular weight is 336 g/mol. The molecule has 0 aromatic heterocycles. The summed E-state index contributed by atoms with van der Waals surface area (Å²) < 4.78 is 35.1. The lowest BCUT2D eigenvalue weighted by Crippen LogP contribution is -2.37. The molecule has 2 fully saturated rings. The van der Waals surface area contributed by atoms with Gasteiger partial charge >= 0.3 is 0 Å². The molecular weight excluding hydrogens is 318 g/mol. The Kier molecular flexibility index (Phi) is 4.92. The molecule has 4 atom stereocenters. The standard InChI is InChI=1S/C13H17NO5S.ClH/c1-8-2-4-9(5-3-8)20(16,17)19-11-6-14-12-10(15)7-18-13(11)12;/h2-5,10-15H,6-7H2,1H3;1H/t10-,11+,12+,13+;/m0./s1. The summed E-state index contributed by atoms with van der Waals surface area (Å²) >= 11 is 0. The molecule has 2 N–H and O–H groups in total. The van der Waals surface area contributed by atoms with Gasteiger partial charge in [0.1, 0.15) is 12.2 Å². The second kappa shape index (κ2) is 6.20. The van der Waals surface area contributed by atoms with Crippen LogP contribution in [0.1, 0.15) is 5.56 Å². The Morgan fingerprint density at radius 2 is 2.00 bits per heavy atom. The minimum Gasteiger partial charge on any atom is -0.389 e. The summed E-state index contributed by atoms with van der Waals surface area (Å²) in [7, 11) is -3.82. The summed E-state index contributed by atoms with van der Waals surface area (Å²) in [4.78, 5) is 0.130. The maximum absolute atomic E-state index is 12.2. The molecule has 6 nitrogen and oxygen atoms in total. The SMILES string of the molecule is Cc1ccc(S(=O)(=O)O[C@@H]2CN[C@H]3[C@@H]2OC[C@@H]3O)cc1.Cl. The monoisotopic (exact) mass is 335 g/mol. The van der Waals surface area contributed by atoms with Crippen molar-refractivity contribution in [2.24, 2.45) is 0 Å². The zero-order valence-corrected chi connectivity index (χ0v) is 13.1. The summed E-state index contributed by atoms with van der Waals surface area (Å²) in [5.74, 6) is 0. The van der Waals surface area contributed by atoms with Crippen LogP contribution >= 0.6 is 12.4 Å². The number of hydrogen-bond acceptors (Lipinski definition) is 6. The molecule has 118 valence electrons. The van der Waals surface area contributed by atoms with Crippen LogP contribution in [0, 0.1) is 6.92 Å². The van der Waals surface area contributed by atoms with Gasteiger partial charge in [-0.1, -0.05) is 17.7 Å². The van der Waals surface area contributed by atoms with Crippen LogP contribution < -0.4 is 5.32 Å². The third-order valence-electron chi connectivity index (χ3n) is 3.71. The fraction of sp³-hybridized carbons (Fsp3) is 0.538. The molecular formula is C13H18ClNO5S. The number of aliphatic hydroxyl groups is 1. The molecule has 1 aromatic carbocycles. The van der Waals surface area contributed by atoms with E-state index in [2.05, 4.69) is 5.32 Å². The Labute approximate surface area is 130 Å². The van der Waals surface area contributed by atoms with Crippen molar-refractivity contribution in [3.05, 3.63) is 29.8 Å². The zero-order chi connectivity index (χ0) is 14.3. The Balaban J connectivity index is 0.00000161. The van der Waals surface area contributed by atoms with Crippen LogP contribution in [0.3, 0.4) is 0 Å². The molecule has 0 unspecified atom stereocenters. The van der Waals surface area contributed by atoms with Gasteiger partial charge in [-0.05, 0) is 19.1 Å². The van der Waals surface area contributed by atoms with E-state index in [1.807, 2.05) is 6.92 Å². The number of aliphatic hydroxyl groups excluding tert-OH is 1. The Hall–Kier alpha value is -0.700. The van der Waals surface area contributed by atoms with Crippen LogP contribution in [0.15, 0.2) is 29.2 Å². The third-order valence-corrected chi connectivity index (χ3v) is 5.06. The predicted octanol–water partition coefficient (Wildman–Crippen LogP) is 0.222. The van der Waals surface area contributed by atoms with E-state index < -0.39 is 28.4 Å². The Bertz CT molecular complexity index is 591. The largest absolute Gasteiger partial charge is 0.389 e. The Morgan fingerprint density at radius 3 is 2.67 bits per heavy atom. The van der Waals surface area contributed by atoms with Gasteiger partial charge in [-0.3, -0.25) is 4.18 Å². The number of nitrogens with one attached hydrogen (secondary N) is 1. The molecule has 0 radical (unpaired) electrons. The number of ether oxygens (including phenoxy) is 1. The number of aryl methyl sites for hydroxylation is 1. The first kappa shape index (κ1) is 16.7. The lowest BCUT2D eigenvalue weighted by molar-refractivity contribution is 0.0278. The van der Waals surface area contributed by atoms with E-state index in [0.717, 1.165) is 5.56 Å². The van der Waals surface area contributed by atoms with Gasteiger partial charge in [-0.15, -0.1) is 12.4 Å². The normalized spacial score (nSPS) is 31.7. The Morgan fingerprint density at radius 1 is 1.33 bits per heavy atom. The van der Waals surface area contributed by atoms with Gasteiger partial charge in [0.2, 0.25) is 0 Å². The first-order valence-corrected chi connectivity index (χ1v) is 7.91. The van der Waals surface area contributed by atoms with E-state index in [9.17, 15) is 13.5 Å². The fourth-order valence-electron chi connectivity index (χ4n) is 2.61. The molecule has 8 heteroatoms. The van der Waals surface area contributed by atoms with E-state index in [1.165, 1.54) is 12.1 Å². The summed E-state index contributed by atoms with van der Waals surface area (Å²) in [6.07, 6.45) is -1.65. The molecule has 21 heavy (non-hydrogen) atoms. The molecule has 1 aromatic rings. The van der Waals surface area contributed by atoms with Gasteiger partial charge in [0.15, 0.2) is 0 Å². The summed E-state index contributed by atoms with van der Waals surface area (Å²) in [6, 6.07) is 6.24. The second-order valence-electron chi connectivity index (χ2n) is 5.20. The van der Waals surface area contributed by atoms with Crippen LogP contribution in [-0.2, 0) is 19.0 Å². The lowest BCUT2D eigenvalue weighted by atomic mass is 10.1. The molecule has 0 aliphatic carbocycles. The second-order valence-corrected chi connectivity index (χ2v) is 6.77. The molecule has 0 bridgehead atoms. The van der Waals surface area contributed by atoms with Crippen molar-refractivity contribution in [3.63, 3.8) is 0 Å². The maximum Gasteiger partial charge on any atom is 0.297 e. The van der Waals surface area contributed by atoms with Crippen LogP contribution in [0.4, 0.5) is 0 Å². The summed E-state index contributed by atoms with van der Waals surface area (Å²) in [6.45, 7) is 2.43.